The molecule has 5 heavy (non-hydrogen) atoms. The van der Waals surface area contributed by atoms with Crippen LogP contribution >= 0.6 is 0 Å². The highest BCUT2D eigenvalue weighted by Crippen LogP contribution is 1.65. The molecule has 0 aromatic heterocycles. The van der Waals surface area contributed by atoms with Gasteiger partial charge in [-0.3, -0.25) is 0 Å². The lowest BCUT2D eigenvalue weighted by Crippen LogP contribution is -1.99. The lowest BCUT2D eigenvalue weighted by atomic mass is 9.78. The normalized spacial score (nSPS) is 7.60. The Kier molecular flexibility index (Phi) is 4.05. The van der Waals surface area contributed by atoms with E-state index in [9.17, 15) is 0 Å². The maximum absolute atomic E-state index is 5.11. The molecule has 0 unspecified atom stereocenters. The van der Waals surface area contributed by atoms with Crippen LogP contribution in [0.1, 0.15) is 0 Å². The third-order valence-electron chi connectivity index (χ3n) is 0.455. The predicted octanol–water partition coefficient (Wildman–Crippen LogP) is 0.116. The summed E-state index contributed by atoms with van der Waals surface area (Å²) in [5.74, 6) is 0. The molecule has 0 aliphatic carbocycles. The SMILES string of the molecule is C[B]CCN. The minimum atomic E-state index is 0.788. The smallest absolute Gasteiger partial charge is 0.107 e. The Morgan fingerprint density at radius 1 is 1.80 bits per heavy atom. The number of rotatable bonds is 2. The van der Waals surface area contributed by atoms with Gasteiger partial charge in [-0.15, -0.1) is 0 Å². The monoisotopic (exact) mass is 70.1 g/mol. The van der Waals surface area contributed by atoms with E-state index in [1.165, 1.54) is 0 Å². The van der Waals surface area contributed by atoms with Crippen LogP contribution in [0.25, 0.3) is 0 Å². The molecule has 0 atom stereocenters. The van der Waals surface area contributed by atoms with Gasteiger partial charge in [0.2, 0.25) is 0 Å². The first-order chi connectivity index (χ1) is 2.41. The van der Waals surface area contributed by atoms with E-state index in [0.717, 1.165) is 12.9 Å². The maximum atomic E-state index is 5.11. The van der Waals surface area contributed by atoms with E-state index >= 15 is 0 Å². The van der Waals surface area contributed by atoms with Crippen LogP contribution in [0.5, 0.6) is 0 Å². The molecule has 0 heterocycles. The summed E-state index contributed by atoms with van der Waals surface area (Å²) in [5.41, 5.74) is 5.11. The molecule has 0 amide bonds. The van der Waals surface area contributed by atoms with Crippen molar-refractivity contribution in [2.75, 3.05) is 6.54 Å². The minimum absolute atomic E-state index is 0.788. The first-order valence-corrected chi connectivity index (χ1v) is 1.89. The maximum Gasteiger partial charge on any atom is 0.107 e. The van der Waals surface area contributed by atoms with Crippen LogP contribution in [0.4, 0.5) is 0 Å². The Balaban J connectivity index is 2.19. The van der Waals surface area contributed by atoms with Crippen LogP contribution in [0.15, 0.2) is 0 Å². The van der Waals surface area contributed by atoms with Crippen LogP contribution in [-0.2, 0) is 0 Å². The summed E-state index contributed by atoms with van der Waals surface area (Å²) in [6, 6.07) is 0. The fourth-order valence-corrected chi connectivity index (χ4v) is 0.167. The van der Waals surface area contributed by atoms with Crippen LogP contribution in [0.3, 0.4) is 0 Å². The quantitative estimate of drug-likeness (QED) is 0.458. The first kappa shape index (κ1) is 5.02. The van der Waals surface area contributed by atoms with Gasteiger partial charge in [-0.2, -0.15) is 0 Å². The summed E-state index contributed by atoms with van der Waals surface area (Å²) in [6.07, 6.45) is 1.04. The minimum Gasteiger partial charge on any atom is -0.331 e. The zero-order chi connectivity index (χ0) is 4.12. The van der Waals surface area contributed by atoms with E-state index < -0.39 is 0 Å². The molecule has 29 valence electrons. The summed E-state index contributed by atoms with van der Waals surface area (Å²) in [4.78, 5) is 0. The summed E-state index contributed by atoms with van der Waals surface area (Å²) in [6.45, 7) is 2.80. The molecule has 1 nitrogen and oxygen atoms in total. The van der Waals surface area contributed by atoms with Gasteiger partial charge in [0.1, 0.15) is 7.28 Å². The van der Waals surface area contributed by atoms with E-state index in [-0.39, 0.29) is 0 Å². The van der Waals surface area contributed by atoms with E-state index in [1.54, 1.807) is 0 Å². The highest BCUT2D eigenvalue weighted by Gasteiger charge is 1.71. The number of nitrogens with two attached hydrogens (primary N) is 1. The van der Waals surface area contributed by atoms with Gasteiger partial charge in [-0.1, -0.05) is 13.1 Å². The van der Waals surface area contributed by atoms with E-state index in [4.69, 9.17) is 5.73 Å². The van der Waals surface area contributed by atoms with Crippen molar-refractivity contribution in [3.8, 4) is 0 Å². The summed E-state index contributed by atoms with van der Waals surface area (Å²) < 4.78 is 0. The molecule has 2 heteroatoms. The third-order valence-corrected chi connectivity index (χ3v) is 0.455. The van der Waals surface area contributed by atoms with Gasteiger partial charge in [0.25, 0.3) is 0 Å². The van der Waals surface area contributed by atoms with Crippen molar-refractivity contribution in [1.82, 2.24) is 0 Å². The summed E-state index contributed by atoms with van der Waals surface area (Å²) >= 11 is 0. The van der Waals surface area contributed by atoms with Gasteiger partial charge in [0.05, 0.1) is 0 Å². The van der Waals surface area contributed by atoms with Crippen molar-refractivity contribution < 1.29 is 0 Å². The molecule has 0 saturated heterocycles. The fourth-order valence-electron chi connectivity index (χ4n) is 0.167. The second-order valence-corrected chi connectivity index (χ2v) is 0.986. The van der Waals surface area contributed by atoms with Gasteiger partial charge in [0, 0.05) is 0 Å². The van der Waals surface area contributed by atoms with E-state index in [1.807, 2.05) is 6.82 Å². The molecular formula is C3H9BN. The number of hydrogen-bond acceptors (Lipinski definition) is 1. The van der Waals surface area contributed by atoms with E-state index in [2.05, 4.69) is 7.28 Å². The van der Waals surface area contributed by atoms with Gasteiger partial charge in [0.15, 0.2) is 0 Å². The van der Waals surface area contributed by atoms with Crippen molar-refractivity contribution in [2.24, 2.45) is 5.73 Å². The molecule has 0 bridgehead atoms. The van der Waals surface area contributed by atoms with Crippen molar-refractivity contribution >= 4 is 7.28 Å². The fraction of sp³-hybridized carbons (Fsp3) is 1.00. The van der Waals surface area contributed by atoms with E-state index in [0.29, 0.717) is 0 Å². The Morgan fingerprint density at radius 3 is 2.40 bits per heavy atom. The molecule has 1 radical (unpaired) electrons. The van der Waals surface area contributed by atoms with Gasteiger partial charge in [-0.25, -0.2) is 0 Å². The third kappa shape index (κ3) is 4.02. The second-order valence-electron chi connectivity index (χ2n) is 0.986. The lowest BCUT2D eigenvalue weighted by Gasteiger charge is -1.78. The zero-order valence-electron chi connectivity index (χ0n) is 3.57. The molecule has 0 aromatic carbocycles. The first-order valence-electron chi connectivity index (χ1n) is 1.89. The molecule has 0 spiro atoms. The predicted molar refractivity (Wildman–Crippen MR) is 25.5 cm³/mol. The van der Waals surface area contributed by atoms with Crippen LogP contribution in [-0.4, -0.2) is 13.8 Å². The molecule has 0 aliphatic rings. The average Bonchev–Trinajstić information content (AvgIpc) is 1.41. The topological polar surface area (TPSA) is 26.0 Å². The molecular weight excluding hydrogens is 60.9 g/mol. The summed E-state index contributed by atoms with van der Waals surface area (Å²) in [7, 11) is 2.06. The molecule has 0 aromatic rings. The van der Waals surface area contributed by atoms with Crippen molar-refractivity contribution in [2.45, 2.75) is 13.1 Å². The van der Waals surface area contributed by atoms with Crippen molar-refractivity contribution in [1.29, 1.82) is 0 Å². The Labute approximate surface area is 33.8 Å². The van der Waals surface area contributed by atoms with Crippen LogP contribution in [0.2, 0.25) is 13.1 Å². The standard InChI is InChI=1S/C3H9BN/c1-4-2-3-5/h2-3,5H2,1H3. The Morgan fingerprint density at radius 2 is 2.40 bits per heavy atom. The Bertz CT molecular complexity index is 14.4. The second kappa shape index (κ2) is 4.02. The van der Waals surface area contributed by atoms with Gasteiger partial charge >= 0.3 is 0 Å². The largest absolute Gasteiger partial charge is 0.331 e. The molecule has 2 N–H and O–H groups in total. The summed E-state index contributed by atoms with van der Waals surface area (Å²) in [5, 5.41) is 0. The van der Waals surface area contributed by atoms with Crippen molar-refractivity contribution in [3.05, 3.63) is 0 Å². The molecule has 0 saturated carbocycles. The van der Waals surface area contributed by atoms with Gasteiger partial charge in [-0.05, 0) is 6.54 Å². The van der Waals surface area contributed by atoms with Crippen LogP contribution in [0, 0.1) is 0 Å². The molecule has 0 fully saturated rings. The Hall–Kier alpha value is 0.0249. The lowest BCUT2D eigenvalue weighted by molar-refractivity contribution is 1.12. The van der Waals surface area contributed by atoms with Crippen LogP contribution < -0.4 is 5.73 Å². The van der Waals surface area contributed by atoms with Gasteiger partial charge < -0.3 is 5.73 Å². The highest BCUT2D eigenvalue weighted by atomic mass is 14.5. The zero-order valence-corrected chi connectivity index (χ0v) is 3.57. The highest BCUT2D eigenvalue weighted by molar-refractivity contribution is 6.33. The average molecular weight is 69.9 g/mol. The molecule has 0 rings (SSSR count). The molecule has 0 aliphatic heterocycles. The number of hydrogen-bond donors (Lipinski definition) is 1. The van der Waals surface area contributed by atoms with Crippen molar-refractivity contribution in [3.63, 3.8) is 0 Å².